The number of hydrogen-bond donors (Lipinski definition) is 2. The summed E-state index contributed by atoms with van der Waals surface area (Å²) in [6.07, 6.45) is 9.50. The van der Waals surface area contributed by atoms with Crippen LogP contribution in [0.3, 0.4) is 0 Å². The summed E-state index contributed by atoms with van der Waals surface area (Å²) in [4.78, 5) is 10.3. The van der Waals surface area contributed by atoms with Gasteiger partial charge in [-0.3, -0.25) is 4.79 Å². The van der Waals surface area contributed by atoms with Crippen molar-refractivity contribution in [3.8, 4) is 0 Å². The van der Waals surface area contributed by atoms with E-state index < -0.39 is 5.97 Å². The average molecular weight is 245 g/mol. The van der Waals surface area contributed by atoms with Gasteiger partial charge in [-0.1, -0.05) is 0 Å². The second-order valence-corrected chi connectivity index (χ2v) is 5.65. The predicted octanol–water partition coefficient (Wildman–Crippen LogP) is 2.51. The van der Waals surface area contributed by atoms with Crippen LogP contribution in [0, 0.1) is 0 Å². The Morgan fingerprint density at radius 1 is 1.31 bits per heavy atom. The molecule has 4 heteroatoms. The van der Waals surface area contributed by atoms with E-state index in [0.717, 1.165) is 24.6 Å². The fraction of sp³-hybridized carbons (Fsp3) is 0.917. The molecule has 0 atom stereocenters. The zero-order chi connectivity index (χ0) is 11.8. The molecule has 0 aromatic rings. The first-order valence-electron chi connectivity index (χ1n) is 6.20. The second kappa shape index (κ2) is 7.96. The van der Waals surface area contributed by atoms with E-state index >= 15 is 0 Å². The third kappa shape index (κ3) is 5.75. The Morgan fingerprint density at radius 3 is 2.56 bits per heavy atom. The van der Waals surface area contributed by atoms with Crippen molar-refractivity contribution in [1.29, 1.82) is 0 Å². The fourth-order valence-corrected chi connectivity index (χ4v) is 2.95. The number of rotatable bonds is 7. The summed E-state index contributed by atoms with van der Waals surface area (Å²) < 4.78 is 0. The Balaban J connectivity index is 1.96. The maximum Gasteiger partial charge on any atom is 0.303 e. The topological polar surface area (TPSA) is 49.3 Å². The monoisotopic (exact) mass is 245 g/mol. The van der Waals surface area contributed by atoms with Gasteiger partial charge in [0, 0.05) is 17.7 Å². The van der Waals surface area contributed by atoms with E-state index in [0.29, 0.717) is 12.5 Å². The molecule has 0 saturated heterocycles. The van der Waals surface area contributed by atoms with Crippen LogP contribution in [0.25, 0.3) is 0 Å². The molecule has 1 aliphatic carbocycles. The zero-order valence-electron chi connectivity index (χ0n) is 10.1. The molecule has 2 N–H and O–H groups in total. The number of hydrogen-bond acceptors (Lipinski definition) is 3. The van der Waals surface area contributed by atoms with Gasteiger partial charge in [0.15, 0.2) is 0 Å². The van der Waals surface area contributed by atoms with E-state index in [1.165, 1.54) is 25.7 Å². The lowest BCUT2D eigenvalue weighted by atomic mass is 9.95. The molecule has 1 fully saturated rings. The van der Waals surface area contributed by atoms with Crippen LogP contribution in [0.1, 0.15) is 44.9 Å². The molecule has 0 aromatic carbocycles. The summed E-state index contributed by atoms with van der Waals surface area (Å²) in [5.74, 6) is -0.680. The van der Waals surface area contributed by atoms with Gasteiger partial charge in [-0.05, 0) is 51.3 Å². The average Bonchev–Trinajstić information content (AvgIpc) is 2.29. The minimum atomic E-state index is -0.680. The van der Waals surface area contributed by atoms with Crippen molar-refractivity contribution in [2.75, 3.05) is 12.8 Å². The quantitative estimate of drug-likeness (QED) is 0.677. The normalized spacial score (nSPS) is 25.6. The number of carboxylic acids is 1. The molecule has 1 aliphatic rings. The number of carbonyl (C=O) groups is 1. The van der Waals surface area contributed by atoms with Crippen molar-refractivity contribution in [2.24, 2.45) is 0 Å². The molecule has 0 amide bonds. The van der Waals surface area contributed by atoms with Crippen LogP contribution >= 0.6 is 11.8 Å². The maximum absolute atomic E-state index is 10.3. The van der Waals surface area contributed by atoms with Crippen LogP contribution in [-0.2, 0) is 4.79 Å². The first-order chi connectivity index (χ1) is 7.72. The van der Waals surface area contributed by atoms with E-state index in [-0.39, 0.29) is 0 Å². The molecule has 3 nitrogen and oxygen atoms in total. The van der Waals surface area contributed by atoms with Crippen LogP contribution < -0.4 is 5.32 Å². The Labute approximate surface area is 102 Å². The molecule has 0 radical (unpaired) electrons. The summed E-state index contributed by atoms with van der Waals surface area (Å²) in [5.41, 5.74) is 0. The summed E-state index contributed by atoms with van der Waals surface area (Å²) in [6.45, 7) is 0.974. The van der Waals surface area contributed by atoms with Crippen molar-refractivity contribution in [2.45, 2.75) is 56.2 Å². The SMILES string of the molecule is CSC1CCC(NCCCCC(=O)O)CC1. The van der Waals surface area contributed by atoms with Crippen molar-refractivity contribution >= 4 is 17.7 Å². The van der Waals surface area contributed by atoms with Crippen molar-refractivity contribution < 1.29 is 9.90 Å². The highest BCUT2D eigenvalue weighted by Gasteiger charge is 2.19. The summed E-state index contributed by atoms with van der Waals surface area (Å²) in [7, 11) is 0. The fourth-order valence-electron chi connectivity index (χ4n) is 2.21. The first-order valence-corrected chi connectivity index (χ1v) is 7.49. The van der Waals surface area contributed by atoms with Crippen LogP contribution in [0.15, 0.2) is 0 Å². The smallest absolute Gasteiger partial charge is 0.303 e. The van der Waals surface area contributed by atoms with E-state index in [1.54, 1.807) is 0 Å². The molecule has 1 saturated carbocycles. The molecule has 0 heterocycles. The third-order valence-electron chi connectivity index (χ3n) is 3.26. The molecule has 94 valence electrons. The molecule has 16 heavy (non-hydrogen) atoms. The number of nitrogens with one attached hydrogen (secondary N) is 1. The number of carboxylic acid groups (broad SMARTS) is 1. The van der Waals surface area contributed by atoms with Gasteiger partial charge in [-0.2, -0.15) is 11.8 Å². The van der Waals surface area contributed by atoms with Gasteiger partial charge in [0.1, 0.15) is 0 Å². The molecular weight excluding hydrogens is 222 g/mol. The van der Waals surface area contributed by atoms with Crippen LogP contribution in [-0.4, -0.2) is 35.2 Å². The van der Waals surface area contributed by atoms with Crippen LogP contribution in [0.4, 0.5) is 0 Å². The molecule has 0 bridgehead atoms. The standard InChI is InChI=1S/C12H23NO2S/c1-16-11-7-5-10(6-8-11)13-9-3-2-4-12(14)15/h10-11,13H,2-9H2,1H3,(H,14,15). The van der Waals surface area contributed by atoms with Gasteiger partial charge in [0.25, 0.3) is 0 Å². The molecule has 0 aromatic heterocycles. The second-order valence-electron chi connectivity index (χ2n) is 4.51. The van der Waals surface area contributed by atoms with E-state index in [2.05, 4.69) is 11.6 Å². The van der Waals surface area contributed by atoms with Gasteiger partial charge < -0.3 is 10.4 Å². The highest BCUT2D eigenvalue weighted by molar-refractivity contribution is 7.99. The predicted molar refractivity (Wildman–Crippen MR) is 69.0 cm³/mol. The van der Waals surface area contributed by atoms with Crippen molar-refractivity contribution in [3.05, 3.63) is 0 Å². The largest absolute Gasteiger partial charge is 0.481 e. The highest BCUT2D eigenvalue weighted by atomic mass is 32.2. The van der Waals surface area contributed by atoms with Crippen LogP contribution in [0.2, 0.25) is 0 Å². The summed E-state index contributed by atoms with van der Waals surface area (Å²) >= 11 is 1.99. The van der Waals surface area contributed by atoms with Crippen LogP contribution in [0.5, 0.6) is 0 Å². The molecule has 0 aliphatic heterocycles. The summed E-state index contributed by atoms with van der Waals surface area (Å²) in [6, 6.07) is 0.674. The molecule has 0 spiro atoms. The Bertz CT molecular complexity index is 203. The molecule has 0 unspecified atom stereocenters. The van der Waals surface area contributed by atoms with Gasteiger partial charge in [-0.25, -0.2) is 0 Å². The van der Waals surface area contributed by atoms with Gasteiger partial charge in [0.05, 0.1) is 0 Å². The number of aliphatic carboxylic acids is 1. The lowest BCUT2D eigenvalue weighted by Gasteiger charge is -2.28. The number of thioether (sulfide) groups is 1. The highest BCUT2D eigenvalue weighted by Crippen LogP contribution is 2.26. The zero-order valence-corrected chi connectivity index (χ0v) is 10.9. The molecular formula is C12H23NO2S. The van der Waals surface area contributed by atoms with Gasteiger partial charge in [-0.15, -0.1) is 0 Å². The minimum Gasteiger partial charge on any atom is -0.481 e. The van der Waals surface area contributed by atoms with E-state index in [4.69, 9.17) is 5.11 Å². The Morgan fingerprint density at radius 2 is 2.00 bits per heavy atom. The Kier molecular flexibility index (Phi) is 6.88. The van der Waals surface area contributed by atoms with Crippen molar-refractivity contribution in [1.82, 2.24) is 5.32 Å². The molecule has 1 rings (SSSR count). The lowest BCUT2D eigenvalue weighted by Crippen LogP contribution is -2.34. The Hall–Kier alpha value is -0.220. The third-order valence-corrected chi connectivity index (χ3v) is 4.40. The maximum atomic E-state index is 10.3. The van der Waals surface area contributed by atoms with Gasteiger partial charge in [0.2, 0.25) is 0 Å². The van der Waals surface area contributed by atoms with E-state index in [9.17, 15) is 4.79 Å². The lowest BCUT2D eigenvalue weighted by molar-refractivity contribution is -0.137. The van der Waals surface area contributed by atoms with E-state index in [1.807, 2.05) is 11.8 Å². The van der Waals surface area contributed by atoms with Crippen molar-refractivity contribution in [3.63, 3.8) is 0 Å². The van der Waals surface area contributed by atoms with Gasteiger partial charge >= 0.3 is 5.97 Å². The first kappa shape index (κ1) is 13.8. The minimum absolute atomic E-state index is 0.306. The number of unbranched alkanes of at least 4 members (excludes halogenated alkanes) is 1. The summed E-state index contributed by atoms with van der Waals surface area (Å²) in [5, 5.41) is 12.9.